The molecule has 0 unspecified atom stereocenters. The molecular formula is C16H19N3O. The van der Waals surface area contributed by atoms with Crippen LogP contribution in [0, 0.1) is 5.92 Å². The SMILES string of the molecule is O=C(N/N=C/c1c[nH]c2ccccc12)C1CCCCC1. The largest absolute Gasteiger partial charge is 0.361 e. The maximum atomic E-state index is 12.0. The van der Waals surface area contributed by atoms with Gasteiger partial charge in [-0.05, 0) is 18.9 Å². The quantitative estimate of drug-likeness (QED) is 0.652. The molecule has 20 heavy (non-hydrogen) atoms. The number of H-pyrrole nitrogens is 1. The lowest BCUT2D eigenvalue weighted by Gasteiger charge is -2.19. The van der Waals surface area contributed by atoms with Crippen molar-refractivity contribution in [1.29, 1.82) is 0 Å². The van der Waals surface area contributed by atoms with Gasteiger partial charge in [0.2, 0.25) is 5.91 Å². The number of hydrogen-bond acceptors (Lipinski definition) is 2. The van der Waals surface area contributed by atoms with Crippen LogP contribution in [-0.2, 0) is 4.79 Å². The molecule has 3 rings (SSSR count). The molecule has 1 amide bonds. The highest BCUT2D eigenvalue weighted by molar-refractivity contribution is 5.99. The zero-order valence-corrected chi connectivity index (χ0v) is 11.4. The molecule has 0 saturated heterocycles. The molecule has 1 aliphatic carbocycles. The van der Waals surface area contributed by atoms with Crippen molar-refractivity contribution in [2.24, 2.45) is 11.0 Å². The van der Waals surface area contributed by atoms with Crippen LogP contribution in [0.5, 0.6) is 0 Å². The van der Waals surface area contributed by atoms with Crippen LogP contribution in [0.1, 0.15) is 37.7 Å². The fourth-order valence-electron chi connectivity index (χ4n) is 2.82. The van der Waals surface area contributed by atoms with Crippen LogP contribution < -0.4 is 5.43 Å². The number of aromatic amines is 1. The van der Waals surface area contributed by atoms with Crippen LogP contribution in [0.3, 0.4) is 0 Å². The summed E-state index contributed by atoms with van der Waals surface area (Å²) in [5, 5.41) is 5.21. The Hall–Kier alpha value is -2.10. The van der Waals surface area contributed by atoms with E-state index in [1.54, 1.807) is 6.21 Å². The molecule has 2 N–H and O–H groups in total. The molecule has 1 heterocycles. The Bertz CT molecular complexity index is 623. The highest BCUT2D eigenvalue weighted by atomic mass is 16.2. The molecule has 4 heteroatoms. The normalized spacial score (nSPS) is 16.8. The van der Waals surface area contributed by atoms with E-state index in [4.69, 9.17) is 0 Å². The van der Waals surface area contributed by atoms with Gasteiger partial charge >= 0.3 is 0 Å². The van der Waals surface area contributed by atoms with E-state index in [1.165, 1.54) is 6.42 Å². The number of aromatic nitrogens is 1. The molecule has 0 bridgehead atoms. The molecule has 4 nitrogen and oxygen atoms in total. The first kappa shape index (κ1) is 12.9. The van der Waals surface area contributed by atoms with E-state index in [0.717, 1.165) is 42.1 Å². The van der Waals surface area contributed by atoms with E-state index >= 15 is 0 Å². The maximum absolute atomic E-state index is 12.0. The first-order valence-electron chi connectivity index (χ1n) is 7.23. The Morgan fingerprint density at radius 3 is 2.90 bits per heavy atom. The van der Waals surface area contributed by atoms with Crippen molar-refractivity contribution >= 4 is 23.0 Å². The molecule has 1 aromatic heterocycles. The standard InChI is InChI=1S/C16H19N3O/c20-16(12-6-2-1-3-7-12)19-18-11-13-10-17-15-9-5-4-8-14(13)15/h4-5,8-12,17H,1-3,6-7H2,(H,19,20)/b18-11+. The van der Waals surface area contributed by atoms with Gasteiger partial charge < -0.3 is 4.98 Å². The number of nitrogens with one attached hydrogen (secondary N) is 2. The monoisotopic (exact) mass is 269 g/mol. The summed E-state index contributed by atoms with van der Waals surface area (Å²) in [7, 11) is 0. The molecule has 1 aromatic carbocycles. The van der Waals surface area contributed by atoms with Crippen molar-refractivity contribution in [2.75, 3.05) is 0 Å². The van der Waals surface area contributed by atoms with Crippen molar-refractivity contribution < 1.29 is 4.79 Å². The molecule has 0 atom stereocenters. The molecule has 1 fully saturated rings. The van der Waals surface area contributed by atoms with Gasteiger partial charge in [0, 0.05) is 28.6 Å². The molecule has 0 aliphatic heterocycles. The highest BCUT2D eigenvalue weighted by Crippen LogP contribution is 2.23. The lowest BCUT2D eigenvalue weighted by atomic mass is 9.89. The number of para-hydroxylation sites is 1. The number of hydrazone groups is 1. The van der Waals surface area contributed by atoms with Crippen molar-refractivity contribution in [3.63, 3.8) is 0 Å². The topological polar surface area (TPSA) is 57.2 Å². The number of carbonyl (C=O) groups excluding carboxylic acids is 1. The first-order valence-corrected chi connectivity index (χ1v) is 7.23. The van der Waals surface area contributed by atoms with Gasteiger partial charge in [0.25, 0.3) is 0 Å². The van der Waals surface area contributed by atoms with Crippen LogP contribution >= 0.6 is 0 Å². The van der Waals surface area contributed by atoms with E-state index in [-0.39, 0.29) is 11.8 Å². The number of fused-ring (bicyclic) bond motifs is 1. The van der Waals surface area contributed by atoms with E-state index in [0.29, 0.717) is 0 Å². The molecule has 0 spiro atoms. The summed E-state index contributed by atoms with van der Waals surface area (Å²) in [6.07, 6.45) is 9.17. The second kappa shape index (κ2) is 5.90. The van der Waals surface area contributed by atoms with Crippen LogP contribution in [0.25, 0.3) is 10.9 Å². The number of carbonyl (C=O) groups is 1. The number of rotatable bonds is 3. The van der Waals surface area contributed by atoms with Gasteiger partial charge in [-0.2, -0.15) is 5.10 Å². The third kappa shape index (κ3) is 2.74. The summed E-state index contributed by atoms with van der Waals surface area (Å²) in [4.78, 5) is 15.1. The van der Waals surface area contributed by atoms with Gasteiger partial charge in [-0.1, -0.05) is 37.5 Å². The number of benzene rings is 1. The Morgan fingerprint density at radius 2 is 2.05 bits per heavy atom. The minimum Gasteiger partial charge on any atom is -0.361 e. The fraction of sp³-hybridized carbons (Fsp3) is 0.375. The molecule has 104 valence electrons. The Morgan fingerprint density at radius 1 is 1.25 bits per heavy atom. The summed E-state index contributed by atoms with van der Waals surface area (Å²) in [6, 6.07) is 8.04. The zero-order valence-electron chi connectivity index (χ0n) is 11.4. The smallest absolute Gasteiger partial charge is 0.243 e. The highest BCUT2D eigenvalue weighted by Gasteiger charge is 2.20. The third-order valence-corrected chi connectivity index (χ3v) is 3.98. The molecule has 0 radical (unpaired) electrons. The van der Waals surface area contributed by atoms with Crippen molar-refractivity contribution in [2.45, 2.75) is 32.1 Å². The summed E-state index contributed by atoms with van der Waals surface area (Å²) in [5.74, 6) is 0.199. The fourth-order valence-corrected chi connectivity index (χ4v) is 2.82. The van der Waals surface area contributed by atoms with Crippen LogP contribution in [0.15, 0.2) is 35.6 Å². The Labute approximate surface area is 118 Å². The summed E-state index contributed by atoms with van der Waals surface area (Å²) >= 11 is 0. The number of amides is 1. The van der Waals surface area contributed by atoms with E-state index in [2.05, 4.69) is 15.5 Å². The van der Waals surface area contributed by atoms with E-state index < -0.39 is 0 Å². The van der Waals surface area contributed by atoms with Crippen LogP contribution in [0.2, 0.25) is 0 Å². The van der Waals surface area contributed by atoms with Crippen molar-refractivity contribution in [3.05, 3.63) is 36.0 Å². The molecular weight excluding hydrogens is 250 g/mol. The van der Waals surface area contributed by atoms with Gasteiger partial charge in [0.15, 0.2) is 0 Å². The number of nitrogens with zero attached hydrogens (tertiary/aromatic N) is 1. The number of hydrogen-bond donors (Lipinski definition) is 2. The predicted molar refractivity (Wildman–Crippen MR) is 80.6 cm³/mol. The molecule has 1 aliphatic rings. The first-order chi connectivity index (χ1) is 9.84. The predicted octanol–water partition coefficient (Wildman–Crippen LogP) is 3.20. The summed E-state index contributed by atoms with van der Waals surface area (Å²) < 4.78 is 0. The second-order valence-electron chi connectivity index (χ2n) is 5.36. The van der Waals surface area contributed by atoms with Crippen LogP contribution in [-0.4, -0.2) is 17.1 Å². The van der Waals surface area contributed by atoms with Gasteiger partial charge in [-0.3, -0.25) is 4.79 Å². The molecule has 1 saturated carbocycles. The van der Waals surface area contributed by atoms with E-state index in [1.807, 2.05) is 30.5 Å². The van der Waals surface area contributed by atoms with Gasteiger partial charge in [-0.15, -0.1) is 0 Å². The second-order valence-corrected chi connectivity index (χ2v) is 5.36. The summed E-state index contributed by atoms with van der Waals surface area (Å²) in [6.45, 7) is 0. The molecule has 2 aromatic rings. The van der Waals surface area contributed by atoms with Crippen molar-refractivity contribution in [3.8, 4) is 0 Å². The minimum atomic E-state index is 0.0563. The average Bonchev–Trinajstić information content (AvgIpc) is 2.92. The average molecular weight is 269 g/mol. The third-order valence-electron chi connectivity index (χ3n) is 3.98. The van der Waals surface area contributed by atoms with Gasteiger partial charge in [0.1, 0.15) is 0 Å². The van der Waals surface area contributed by atoms with Gasteiger partial charge in [-0.25, -0.2) is 5.43 Å². The summed E-state index contributed by atoms with van der Waals surface area (Å²) in [5.41, 5.74) is 4.74. The zero-order chi connectivity index (χ0) is 13.8. The maximum Gasteiger partial charge on any atom is 0.243 e. The van der Waals surface area contributed by atoms with Crippen LogP contribution in [0.4, 0.5) is 0 Å². The Balaban J connectivity index is 1.64. The van der Waals surface area contributed by atoms with Gasteiger partial charge in [0.05, 0.1) is 6.21 Å². The van der Waals surface area contributed by atoms with Crippen molar-refractivity contribution in [1.82, 2.24) is 10.4 Å². The lowest BCUT2D eigenvalue weighted by molar-refractivity contribution is -0.125. The lowest BCUT2D eigenvalue weighted by Crippen LogP contribution is -2.28. The van der Waals surface area contributed by atoms with E-state index in [9.17, 15) is 4.79 Å². The minimum absolute atomic E-state index is 0.0563. The Kier molecular flexibility index (Phi) is 3.81.